The zero-order valence-corrected chi connectivity index (χ0v) is 16.7. The lowest BCUT2D eigenvalue weighted by molar-refractivity contribution is -0.119. The molecule has 3 rings (SSSR count). The Kier molecular flexibility index (Phi) is 6.19. The fraction of sp³-hybridized carbons (Fsp3) is 0.250. The molecular weight excluding hydrogens is 382 g/mol. The molecule has 0 aliphatic rings. The monoisotopic (exact) mass is 401 g/mol. The van der Waals surface area contributed by atoms with Crippen molar-refractivity contribution < 1.29 is 4.79 Å². The smallest absolute Gasteiger partial charge is 0.258 e. The summed E-state index contributed by atoms with van der Waals surface area (Å²) < 4.78 is 1.53. The van der Waals surface area contributed by atoms with Gasteiger partial charge in [-0.2, -0.15) is 0 Å². The molecule has 27 heavy (non-hydrogen) atoms. The molecule has 7 heteroatoms. The number of aryl methyl sites for hydroxylation is 1. The highest BCUT2D eigenvalue weighted by atomic mass is 35.5. The molecule has 0 fully saturated rings. The van der Waals surface area contributed by atoms with Gasteiger partial charge in [-0.05, 0) is 43.2 Å². The van der Waals surface area contributed by atoms with Crippen molar-refractivity contribution in [2.75, 3.05) is 5.75 Å². The number of nitrogens with zero attached hydrogens (tertiary/aromatic N) is 2. The van der Waals surface area contributed by atoms with E-state index in [2.05, 4.69) is 10.3 Å². The molecule has 0 spiro atoms. The van der Waals surface area contributed by atoms with Crippen LogP contribution in [0.4, 0.5) is 0 Å². The Morgan fingerprint density at radius 2 is 2.11 bits per heavy atom. The number of amides is 1. The summed E-state index contributed by atoms with van der Waals surface area (Å²) in [6.45, 7) is 3.85. The highest BCUT2D eigenvalue weighted by Crippen LogP contribution is 2.18. The normalized spacial score (nSPS) is 12.1. The van der Waals surface area contributed by atoms with E-state index in [-0.39, 0.29) is 17.5 Å². The third kappa shape index (κ3) is 5.11. The number of hydrogen-bond acceptors (Lipinski definition) is 4. The van der Waals surface area contributed by atoms with Crippen LogP contribution in [0.25, 0.3) is 5.65 Å². The topological polar surface area (TPSA) is 63.5 Å². The van der Waals surface area contributed by atoms with Gasteiger partial charge in [-0.25, -0.2) is 4.98 Å². The summed E-state index contributed by atoms with van der Waals surface area (Å²) in [5.74, 6) is 0.721. The number of benzene rings is 1. The zero-order chi connectivity index (χ0) is 19.4. The minimum Gasteiger partial charge on any atom is -0.349 e. The molecule has 140 valence electrons. The third-order valence-electron chi connectivity index (χ3n) is 4.07. The summed E-state index contributed by atoms with van der Waals surface area (Å²) >= 11 is 7.42. The number of carbonyl (C=O) groups excluding carboxylic acids is 1. The summed E-state index contributed by atoms with van der Waals surface area (Å²) in [5, 5.41) is 3.60. The van der Waals surface area contributed by atoms with Crippen LogP contribution < -0.4 is 10.9 Å². The molecule has 0 unspecified atom stereocenters. The molecule has 0 aliphatic heterocycles. The van der Waals surface area contributed by atoms with Crippen molar-refractivity contribution in [3.8, 4) is 0 Å². The second-order valence-corrected chi connectivity index (χ2v) is 7.78. The number of aromatic nitrogens is 2. The first-order valence-corrected chi connectivity index (χ1v) is 10.1. The first kappa shape index (κ1) is 19.5. The molecular formula is C20H20ClN3O2S. The summed E-state index contributed by atoms with van der Waals surface area (Å²) in [7, 11) is 0. The molecule has 0 saturated heterocycles. The molecule has 0 aliphatic carbocycles. The average molecular weight is 402 g/mol. The van der Waals surface area contributed by atoms with E-state index in [4.69, 9.17) is 11.6 Å². The van der Waals surface area contributed by atoms with E-state index in [9.17, 15) is 9.59 Å². The van der Waals surface area contributed by atoms with Crippen LogP contribution in [0.1, 0.15) is 29.8 Å². The Bertz CT molecular complexity index is 1040. The minimum atomic E-state index is -0.122. The highest BCUT2D eigenvalue weighted by Gasteiger charge is 2.10. The van der Waals surface area contributed by atoms with Crippen LogP contribution in [0.5, 0.6) is 0 Å². The fourth-order valence-corrected chi connectivity index (χ4v) is 3.65. The van der Waals surface area contributed by atoms with Gasteiger partial charge in [0.15, 0.2) is 0 Å². The quantitative estimate of drug-likeness (QED) is 0.683. The molecule has 2 aromatic heterocycles. The molecule has 1 N–H and O–H groups in total. The van der Waals surface area contributed by atoms with Crippen LogP contribution in [0, 0.1) is 6.92 Å². The van der Waals surface area contributed by atoms with Crippen molar-refractivity contribution in [3.63, 3.8) is 0 Å². The van der Waals surface area contributed by atoms with Gasteiger partial charge < -0.3 is 5.32 Å². The molecule has 1 aromatic carbocycles. The predicted molar refractivity (Wildman–Crippen MR) is 110 cm³/mol. The summed E-state index contributed by atoms with van der Waals surface area (Å²) in [6, 6.07) is 12.6. The Morgan fingerprint density at radius 3 is 2.89 bits per heavy atom. The maximum atomic E-state index is 12.2. The lowest BCUT2D eigenvalue weighted by Crippen LogP contribution is -2.28. The number of hydrogen-bond donors (Lipinski definition) is 1. The lowest BCUT2D eigenvalue weighted by atomic mass is 10.1. The van der Waals surface area contributed by atoms with E-state index >= 15 is 0 Å². The number of pyridine rings is 1. The fourth-order valence-electron chi connectivity index (χ4n) is 2.72. The van der Waals surface area contributed by atoms with Gasteiger partial charge in [-0.1, -0.05) is 29.8 Å². The number of nitrogens with one attached hydrogen (secondary N) is 1. The number of halogens is 1. The Balaban J connectivity index is 1.56. The molecule has 1 amide bonds. The molecule has 2 heterocycles. The van der Waals surface area contributed by atoms with Gasteiger partial charge in [-0.3, -0.25) is 14.0 Å². The van der Waals surface area contributed by atoms with Crippen molar-refractivity contribution in [3.05, 3.63) is 80.9 Å². The van der Waals surface area contributed by atoms with Crippen LogP contribution in [0.2, 0.25) is 5.02 Å². The van der Waals surface area contributed by atoms with E-state index in [1.165, 1.54) is 22.2 Å². The Hall–Kier alpha value is -2.31. The molecule has 3 aromatic rings. The van der Waals surface area contributed by atoms with Crippen molar-refractivity contribution in [2.45, 2.75) is 25.6 Å². The number of fused-ring (bicyclic) bond motifs is 1. The third-order valence-corrected chi connectivity index (χ3v) is 5.27. The van der Waals surface area contributed by atoms with Crippen molar-refractivity contribution >= 4 is 34.9 Å². The van der Waals surface area contributed by atoms with Gasteiger partial charge >= 0.3 is 0 Å². The predicted octanol–water partition coefficient (Wildman–Crippen LogP) is 3.77. The summed E-state index contributed by atoms with van der Waals surface area (Å²) in [4.78, 5) is 28.9. The number of carbonyl (C=O) groups is 1. The maximum Gasteiger partial charge on any atom is 0.258 e. The van der Waals surface area contributed by atoms with E-state index in [0.717, 1.165) is 11.1 Å². The maximum absolute atomic E-state index is 12.2. The van der Waals surface area contributed by atoms with Crippen molar-refractivity contribution in [2.24, 2.45) is 0 Å². The van der Waals surface area contributed by atoms with Crippen LogP contribution >= 0.6 is 23.4 Å². The lowest BCUT2D eigenvalue weighted by Gasteiger charge is -2.14. The second kappa shape index (κ2) is 8.59. The van der Waals surface area contributed by atoms with Gasteiger partial charge in [0.05, 0.1) is 17.5 Å². The van der Waals surface area contributed by atoms with E-state index in [1.54, 1.807) is 12.3 Å². The summed E-state index contributed by atoms with van der Waals surface area (Å²) in [6.07, 6.45) is 1.77. The van der Waals surface area contributed by atoms with E-state index < -0.39 is 0 Å². The second-order valence-electron chi connectivity index (χ2n) is 6.36. The SMILES string of the molecule is Cc1ccc2nc(CSCC(=O)N[C@@H](C)c3cccc(Cl)c3)cc(=O)n2c1. The van der Waals surface area contributed by atoms with Crippen LogP contribution in [-0.4, -0.2) is 21.0 Å². The highest BCUT2D eigenvalue weighted by molar-refractivity contribution is 7.99. The van der Waals surface area contributed by atoms with Gasteiger partial charge in [0, 0.05) is 23.0 Å². The standard InChI is InChI=1S/C20H20ClN3O2S/c1-13-6-7-18-23-17(9-20(26)24(18)10-13)11-27-12-19(25)22-14(2)15-4-3-5-16(21)8-15/h3-10,14H,11-12H2,1-2H3,(H,22,25)/t14-/m0/s1. The Morgan fingerprint density at radius 1 is 1.30 bits per heavy atom. The van der Waals surface area contributed by atoms with Crippen LogP contribution in [0.15, 0.2) is 53.5 Å². The molecule has 0 bridgehead atoms. The van der Waals surface area contributed by atoms with Crippen molar-refractivity contribution in [1.29, 1.82) is 0 Å². The number of thioether (sulfide) groups is 1. The Labute approximate surface area is 166 Å². The summed E-state index contributed by atoms with van der Waals surface area (Å²) in [5.41, 5.74) is 3.13. The van der Waals surface area contributed by atoms with Gasteiger partial charge in [-0.15, -0.1) is 11.8 Å². The van der Waals surface area contributed by atoms with Gasteiger partial charge in [0.2, 0.25) is 5.91 Å². The zero-order valence-electron chi connectivity index (χ0n) is 15.1. The van der Waals surface area contributed by atoms with Gasteiger partial charge in [0.25, 0.3) is 5.56 Å². The first-order valence-electron chi connectivity index (χ1n) is 8.54. The average Bonchev–Trinajstić information content (AvgIpc) is 2.62. The minimum absolute atomic E-state index is 0.0689. The molecule has 0 radical (unpaired) electrons. The molecule has 5 nitrogen and oxygen atoms in total. The van der Waals surface area contributed by atoms with Gasteiger partial charge in [0.1, 0.15) is 5.65 Å². The van der Waals surface area contributed by atoms with E-state index in [1.807, 2.05) is 44.2 Å². The van der Waals surface area contributed by atoms with Crippen LogP contribution in [-0.2, 0) is 10.5 Å². The van der Waals surface area contributed by atoms with Crippen molar-refractivity contribution in [1.82, 2.24) is 14.7 Å². The van der Waals surface area contributed by atoms with E-state index in [0.29, 0.717) is 27.9 Å². The number of rotatable bonds is 6. The molecule has 1 atom stereocenters. The molecule has 0 saturated carbocycles. The largest absolute Gasteiger partial charge is 0.349 e. The first-order chi connectivity index (χ1) is 12.9. The van der Waals surface area contributed by atoms with Crippen LogP contribution in [0.3, 0.4) is 0 Å².